The molecule has 1 aromatic carbocycles. The van der Waals surface area contributed by atoms with Gasteiger partial charge in [0.2, 0.25) is 5.89 Å². The molecule has 2 unspecified atom stereocenters. The monoisotopic (exact) mass is 588 g/mol. The first kappa shape index (κ1) is 29.4. The lowest BCUT2D eigenvalue weighted by Crippen LogP contribution is -2.47. The molecule has 1 saturated heterocycles. The number of thiazole rings is 1. The van der Waals surface area contributed by atoms with Crippen molar-refractivity contribution in [1.82, 2.24) is 30.4 Å². The van der Waals surface area contributed by atoms with E-state index in [4.69, 9.17) is 9.15 Å². The largest absolute Gasteiger partial charge is 0.444 e. The Kier molecular flexibility index (Phi) is 8.14. The smallest absolute Gasteiger partial charge is 0.408 e. The fraction of sp³-hybridized carbons (Fsp3) is 0.419. The first-order chi connectivity index (χ1) is 19.9. The third-order valence-electron chi connectivity index (χ3n) is 6.93. The number of carbonyl (C=O) groups is 2. The molecule has 4 aromatic rings. The molecule has 3 aromatic heterocycles. The number of pyridine rings is 1. The summed E-state index contributed by atoms with van der Waals surface area (Å²) in [5.74, 6) is 0.265. The second kappa shape index (κ2) is 11.6. The van der Waals surface area contributed by atoms with E-state index in [9.17, 15) is 9.59 Å². The highest BCUT2D eigenvalue weighted by atomic mass is 32.1. The van der Waals surface area contributed by atoms with Gasteiger partial charge < -0.3 is 19.4 Å². The van der Waals surface area contributed by atoms with Gasteiger partial charge in [-0.25, -0.2) is 14.8 Å². The zero-order valence-electron chi connectivity index (χ0n) is 24.8. The predicted octanol–water partition coefficient (Wildman–Crippen LogP) is 6.16. The van der Waals surface area contributed by atoms with E-state index in [2.05, 4.69) is 25.5 Å². The molecule has 42 heavy (non-hydrogen) atoms. The number of hydrogen-bond acceptors (Lipinski definition) is 9. The topological polar surface area (TPSA) is 123 Å². The number of ether oxygens (including phenoxy) is 1. The van der Waals surface area contributed by atoms with E-state index in [-0.39, 0.29) is 23.7 Å². The van der Waals surface area contributed by atoms with Crippen molar-refractivity contribution in [2.24, 2.45) is 0 Å². The minimum absolute atomic E-state index is 0.0410. The Bertz CT molecular complexity index is 1580. The van der Waals surface area contributed by atoms with Gasteiger partial charge in [0, 0.05) is 35.3 Å². The Morgan fingerprint density at radius 2 is 1.83 bits per heavy atom. The minimum Gasteiger partial charge on any atom is -0.444 e. The minimum atomic E-state index is -1.08. The second-order valence-electron chi connectivity index (χ2n) is 11.9. The van der Waals surface area contributed by atoms with Crippen LogP contribution in [0.1, 0.15) is 84.8 Å². The van der Waals surface area contributed by atoms with Gasteiger partial charge in [0.1, 0.15) is 21.8 Å². The number of benzene rings is 1. The highest BCUT2D eigenvalue weighted by molar-refractivity contribution is 7.09. The summed E-state index contributed by atoms with van der Waals surface area (Å²) in [5.41, 5.74) is 1.70. The summed E-state index contributed by atoms with van der Waals surface area (Å²) in [6.45, 7) is 11.7. The molecule has 1 aliphatic rings. The molecule has 1 N–H and O–H groups in total. The van der Waals surface area contributed by atoms with Crippen LogP contribution in [-0.4, -0.2) is 49.2 Å². The molecule has 0 aliphatic carbocycles. The summed E-state index contributed by atoms with van der Waals surface area (Å²) in [6.07, 6.45) is 1.58. The maximum Gasteiger partial charge on any atom is 0.408 e. The highest BCUT2D eigenvalue weighted by Gasteiger charge is 2.37. The molecular weight excluding hydrogens is 552 g/mol. The third kappa shape index (κ3) is 6.67. The molecule has 1 aliphatic heterocycles. The molecule has 10 nitrogen and oxygen atoms in total. The van der Waals surface area contributed by atoms with Crippen molar-refractivity contribution >= 4 is 23.3 Å². The average Bonchev–Trinajstić information content (AvgIpc) is 3.68. The van der Waals surface area contributed by atoms with Crippen LogP contribution in [0.3, 0.4) is 0 Å². The van der Waals surface area contributed by atoms with Gasteiger partial charge in [-0.15, -0.1) is 21.5 Å². The molecule has 11 heteroatoms. The first-order valence-corrected chi connectivity index (χ1v) is 14.9. The molecular formula is C31H36N6O4S. The molecule has 5 rings (SSSR count). The number of aromatic nitrogens is 4. The lowest BCUT2D eigenvalue weighted by Gasteiger charge is -2.29. The average molecular weight is 589 g/mol. The van der Waals surface area contributed by atoms with Crippen molar-refractivity contribution in [1.29, 1.82) is 0 Å². The Morgan fingerprint density at radius 3 is 2.52 bits per heavy atom. The van der Waals surface area contributed by atoms with Gasteiger partial charge >= 0.3 is 6.09 Å². The lowest BCUT2D eigenvalue weighted by atomic mass is 9.92. The van der Waals surface area contributed by atoms with E-state index in [1.165, 1.54) is 0 Å². The van der Waals surface area contributed by atoms with E-state index < -0.39 is 17.2 Å². The summed E-state index contributed by atoms with van der Waals surface area (Å²) < 4.78 is 11.7. The fourth-order valence-corrected chi connectivity index (χ4v) is 6.06. The number of hydrogen-bond donors (Lipinski definition) is 1. The van der Waals surface area contributed by atoms with Crippen molar-refractivity contribution in [2.45, 2.75) is 78.0 Å². The number of rotatable bonds is 7. The Morgan fingerprint density at radius 1 is 1.07 bits per heavy atom. The molecule has 0 bridgehead atoms. The van der Waals surface area contributed by atoms with Crippen LogP contribution in [0.15, 0.2) is 52.3 Å². The molecule has 2 atom stereocenters. The van der Waals surface area contributed by atoms with Gasteiger partial charge in [-0.05, 0) is 72.1 Å². The number of nitrogens with one attached hydrogen (secondary N) is 1. The van der Waals surface area contributed by atoms with E-state index >= 15 is 0 Å². The Balaban J connectivity index is 1.44. The Hall–Kier alpha value is -4.12. The zero-order chi connectivity index (χ0) is 30.1. The molecule has 2 amide bonds. The van der Waals surface area contributed by atoms with Gasteiger partial charge in [-0.2, -0.15) is 0 Å². The number of aryl methyl sites for hydroxylation is 2. The van der Waals surface area contributed by atoms with Crippen LogP contribution in [0.4, 0.5) is 4.79 Å². The molecule has 220 valence electrons. The van der Waals surface area contributed by atoms with Crippen molar-refractivity contribution in [3.8, 4) is 11.6 Å². The summed E-state index contributed by atoms with van der Waals surface area (Å²) in [7, 11) is 0. The van der Waals surface area contributed by atoms with Gasteiger partial charge in [0.15, 0.2) is 0 Å². The number of amides is 2. The van der Waals surface area contributed by atoms with Crippen molar-refractivity contribution in [2.75, 3.05) is 6.54 Å². The van der Waals surface area contributed by atoms with Crippen LogP contribution in [0.2, 0.25) is 0 Å². The third-order valence-corrected chi connectivity index (χ3v) is 7.99. The van der Waals surface area contributed by atoms with Crippen LogP contribution in [0.5, 0.6) is 0 Å². The first-order valence-electron chi connectivity index (χ1n) is 14.0. The van der Waals surface area contributed by atoms with Crippen molar-refractivity contribution < 1.29 is 18.7 Å². The van der Waals surface area contributed by atoms with E-state index in [1.54, 1.807) is 44.2 Å². The second-order valence-corrected chi connectivity index (χ2v) is 12.8. The maximum atomic E-state index is 13.7. The molecule has 4 heterocycles. The lowest BCUT2D eigenvalue weighted by molar-refractivity contribution is 0.0443. The van der Waals surface area contributed by atoms with Gasteiger partial charge in [0.05, 0.1) is 6.04 Å². The maximum absolute atomic E-state index is 13.7. The number of nitrogens with zero attached hydrogens (tertiary/aromatic N) is 5. The molecule has 0 saturated carbocycles. The van der Waals surface area contributed by atoms with Crippen LogP contribution < -0.4 is 5.32 Å². The summed E-state index contributed by atoms with van der Waals surface area (Å²) in [4.78, 5) is 37.7. The quantitative estimate of drug-likeness (QED) is 0.272. The van der Waals surface area contributed by atoms with E-state index in [0.717, 1.165) is 29.1 Å². The molecule has 1 fully saturated rings. The van der Waals surface area contributed by atoms with Crippen LogP contribution in [-0.2, 0) is 16.7 Å². The molecule has 0 spiro atoms. The van der Waals surface area contributed by atoms with Gasteiger partial charge in [-0.1, -0.05) is 30.3 Å². The van der Waals surface area contributed by atoms with Crippen LogP contribution in [0.25, 0.3) is 11.6 Å². The van der Waals surface area contributed by atoms with E-state index in [0.29, 0.717) is 29.9 Å². The summed E-state index contributed by atoms with van der Waals surface area (Å²) in [6, 6.07) is 13.1. The Labute approximate surface area is 249 Å². The molecule has 0 radical (unpaired) electrons. The standard InChI is InChI=1S/C31H36N6O4S/c1-19-15-22(27(38)37-14-10-13-24(37)26-33-20(2)18-42-26)16-23(32-19)25-35-36-28(40-25)31(6,17-21-11-8-7-9-12-21)34-29(39)41-30(3,4)5/h7-9,11-12,15-16,18,24H,10,13-14,17H2,1-6H3,(H,34,39). The van der Waals surface area contributed by atoms with Crippen molar-refractivity contribution in [3.05, 3.63) is 81.3 Å². The number of alkyl carbamates (subject to hydrolysis) is 1. The van der Waals surface area contributed by atoms with Gasteiger partial charge in [0.25, 0.3) is 11.8 Å². The van der Waals surface area contributed by atoms with Gasteiger partial charge in [-0.3, -0.25) is 4.79 Å². The fourth-order valence-electron chi connectivity index (χ4n) is 5.12. The summed E-state index contributed by atoms with van der Waals surface area (Å²) in [5, 5.41) is 14.5. The van der Waals surface area contributed by atoms with E-state index in [1.807, 2.05) is 61.4 Å². The van der Waals surface area contributed by atoms with Crippen LogP contribution in [0, 0.1) is 13.8 Å². The van der Waals surface area contributed by atoms with Crippen molar-refractivity contribution in [3.63, 3.8) is 0 Å². The number of likely N-dealkylation sites (tertiary alicyclic amines) is 1. The van der Waals surface area contributed by atoms with Crippen LogP contribution >= 0.6 is 11.3 Å². The highest BCUT2D eigenvalue weighted by Crippen LogP contribution is 2.35. The normalized spacial score (nSPS) is 16.7. The summed E-state index contributed by atoms with van der Waals surface area (Å²) >= 11 is 1.59. The SMILES string of the molecule is Cc1cc(C(=O)N2CCCC2c2nc(C)cs2)cc(-c2nnc(C(C)(Cc3ccccc3)NC(=O)OC(C)(C)C)o2)n1. The zero-order valence-corrected chi connectivity index (χ0v) is 25.6. The number of carbonyl (C=O) groups excluding carboxylic acids is 2. The predicted molar refractivity (Wildman–Crippen MR) is 159 cm³/mol.